The smallest absolute Gasteiger partial charge is 0.196 e. The number of halogens is 3. The first-order valence-electron chi connectivity index (χ1n) is 4.40. The van der Waals surface area contributed by atoms with E-state index in [1.807, 2.05) is 0 Å². The highest BCUT2D eigenvalue weighted by atomic mass is 35.5. The van der Waals surface area contributed by atoms with Crippen molar-refractivity contribution in [3.63, 3.8) is 0 Å². The molecule has 1 aliphatic rings. The Morgan fingerprint density at radius 2 is 1.94 bits per heavy atom. The molecule has 0 saturated heterocycles. The average molecular weight is 283 g/mol. The van der Waals surface area contributed by atoms with Crippen LogP contribution in [0.1, 0.15) is 0 Å². The van der Waals surface area contributed by atoms with Gasteiger partial charge in [-0.2, -0.15) is 0 Å². The molecule has 0 bridgehead atoms. The van der Waals surface area contributed by atoms with Crippen molar-refractivity contribution in [2.24, 2.45) is 4.99 Å². The predicted molar refractivity (Wildman–Crippen MR) is 69.3 cm³/mol. The van der Waals surface area contributed by atoms with Gasteiger partial charge in [-0.1, -0.05) is 23.2 Å². The number of hydrogen-bond donors (Lipinski definition) is 3. The normalized spacial score (nSPS) is 13.8. The first-order valence-corrected chi connectivity index (χ1v) is 5.16. The zero-order valence-corrected chi connectivity index (χ0v) is 10.5. The largest absolute Gasteiger partial charge is 0.508 e. The number of guanidine groups is 1. The summed E-state index contributed by atoms with van der Waals surface area (Å²) in [6.07, 6.45) is 0. The van der Waals surface area contributed by atoms with E-state index in [9.17, 15) is 5.11 Å². The Hall–Kier alpha value is -0.840. The van der Waals surface area contributed by atoms with Crippen molar-refractivity contribution in [3.8, 4) is 5.75 Å². The maximum absolute atomic E-state index is 9.24. The number of nitrogens with zero attached hydrogens (tertiary/aromatic N) is 1. The standard InChI is InChI=1S/C9H9Cl2N3O.ClH/c10-6-3-5(15)4-7(11)8(6)14-9-12-1-2-13-9;/h3-4,15H,1-2H2,(H2,12,13,14);1H. The number of nitrogens with one attached hydrogen (secondary N) is 2. The van der Waals surface area contributed by atoms with Gasteiger partial charge in [0.1, 0.15) is 5.75 Å². The third-order valence-electron chi connectivity index (χ3n) is 1.94. The van der Waals surface area contributed by atoms with Gasteiger partial charge in [-0.25, -0.2) is 0 Å². The Labute approximate surface area is 109 Å². The number of rotatable bonds is 1. The quantitative estimate of drug-likeness (QED) is 0.694. The number of aromatic hydroxyl groups is 1. The van der Waals surface area contributed by atoms with Crippen LogP contribution in [0.25, 0.3) is 0 Å². The van der Waals surface area contributed by atoms with Crippen LogP contribution in [0.4, 0.5) is 5.69 Å². The highest BCUT2D eigenvalue weighted by molar-refractivity contribution is 6.40. The van der Waals surface area contributed by atoms with Crippen LogP contribution in [-0.2, 0) is 0 Å². The van der Waals surface area contributed by atoms with Gasteiger partial charge >= 0.3 is 0 Å². The minimum atomic E-state index is 0. The first-order chi connectivity index (χ1) is 7.16. The summed E-state index contributed by atoms with van der Waals surface area (Å²) in [5.74, 6) is 0.682. The Bertz CT molecular complexity index is 399. The highest BCUT2D eigenvalue weighted by Gasteiger charge is 2.11. The van der Waals surface area contributed by atoms with Crippen molar-refractivity contribution in [3.05, 3.63) is 22.2 Å². The van der Waals surface area contributed by atoms with Crippen LogP contribution in [0.15, 0.2) is 17.1 Å². The summed E-state index contributed by atoms with van der Waals surface area (Å²) in [7, 11) is 0. The lowest BCUT2D eigenvalue weighted by Gasteiger charge is -2.10. The second-order valence-corrected chi connectivity index (χ2v) is 3.88. The van der Waals surface area contributed by atoms with Crippen LogP contribution in [0.2, 0.25) is 10.0 Å². The van der Waals surface area contributed by atoms with Crippen LogP contribution < -0.4 is 10.6 Å². The van der Waals surface area contributed by atoms with Crippen LogP contribution in [-0.4, -0.2) is 24.2 Å². The van der Waals surface area contributed by atoms with E-state index in [0.717, 1.165) is 13.1 Å². The van der Waals surface area contributed by atoms with Crippen LogP contribution in [0.3, 0.4) is 0 Å². The van der Waals surface area contributed by atoms with Crippen LogP contribution in [0, 0.1) is 0 Å². The van der Waals surface area contributed by atoms with Crippen LogP contribution >= 0.6 is 35.6 Å². The Morgan fingerprint density at radius 1 is 1.31 bits per heavy atom. The molecule has 0 amide bonds. The van der Waals surface area contributed by atoms with E-state index in [1.54, 1.807) is 0 Å². The number of phenols is 1. The van der Waals surface area contributed by atoms with Gasteiger partial charge in [0.25, 0.3) is 0 Å². The molecule has 7 heteroatoms. The fourth-order valence-corrected chi connectivity index (χ4v) is 1.85. The number of hydrogen-bond acceptors (Lipinski definition) is 4. The molecule has 0 aliphatic carbocycles. The maximum Gasteiger partial charge on any atom is 0.196 e. The SMILES string of the molecule is Cl.Oc1cc(Cl)c(NC2=NCCN2)c(Cl)c1. The van der Waals surface area contributed by atoms with Gasteiger partial charge < -0.3 is 15.7 Å². The minimum absolute atomic E-state index is 0. The number of aliphatic imine (C=N–C) groups is 1. The molecule has 88 valence electrons. The van der Waals surface area contributed by atoms with E-state index in [0.29, 0.717) is 21.7 Å². The molecule has 2 rings (SSSR count). The molecule has 16 heavy (non-hydrogen) atoms. The lowest BCUT2D eigenvalue weighted by Crippen LogP contribution is -2.26. The van der Waals surface area contributed by atoms with Crippen molar-refractivity contribution in [2.45, 2.75) is 0 Å². The summed E-state index contributed by atoms with van der Waals surface area (Å²) >= 11 is 11.8. The van der Waals surface area contributed by atoms with Gasteiger partial charge in [0.05, 0.1) is 22.3 Å². The molecule has 4 nitrogen and oxygen atoms in total. The molecule has 0 radical (unpaired) electrons. The molecule has 0 fully saturated rings. The topological polar surface area (TPSA) is 56.6 Å². The molecule has 0 atom stereocenters. The second-order valence-electron chi connectivity index (χ2n) is 3.07. The highest BCUT2D eigenvalue weighted by Crippen LogP contribution is 2.34. The molecule has 1 heterocycles. The summed E-state index contributed by atoms with van der Waals surface area (Å²) in [5, 5.41) is 16.0. The lowest BCUT2D eigenvalue weighted by molar-refractivity contribution is 0.475. The van der Waals surface area contributed by atoms with Gasteiger partial charge in [0.15, 0.2) is 5.96 Å². The third kappa shape index (κ3) is 2.84. The molecule has 3 N–H and O–H groups in total. The van der Waals surface area contributed by atoms with Crippen molar-refractivity contribution in [2.75, 3.05) is 18.4 Å². The van der Waals surface area contributed by atoms with Gasteiger partial charge in [0, 0.05) is 18.7 Å². The molecule has 0 spiro atoms. The molecule has 1 aliphatic heterocycles. The predicted octanol–water partition coefficient (Wildman–Crippen LogP) is 2.49. The van der Waals surface area contributed by atoms with Crippen LogP contribution in [0.5, 0.6) is 5.75 Å². The second kappa shape index (κ2) is 5.48. The summed E-state index contributed by atoms with van der Waals surface area (Å²) in [5.41, 5.74) is 0.546. The van der Waals surface area contributed by atoms with E-state index in [1.165, 1.54) is 12.1 Å². The summed E-state index contributed by atoms with van der Waals surface area (Å²) in [6, 6.07) is 2.84. The van der Waals surface area contributed by atoms with E-state index >= 15 is 0 Å². The number of phenolic OH excluding ortho intramolecular Hbond substituents is 1. The van der Waals surface area contributed by atoms with Gasteiger partial charge in [-0.3, -0.25) is 4.99 Å². The van der Waals surface area contributed by atoms with Gasteiger partial charge in [-0.15, -0.1) is 12.4 Å². The van der Waals surface area contributed by atoms with E-state index in [4.69, 9.17) is 23.2 Å². The minimum Gasteiger partial charge on any atom is -0.508 e. The van der Waals surface area contributed by atoms with E-state index < -0.39 is 0 Å². The molecule has 1 aromatic carbocycles. The van der Waals surface area contributed by atoms with E-state index in [2.05, 4.69) is 15.6 Å². The van der Waals surface area contributed by atoms with Gasteiger partial charge in [-0.05, 0) is 0 Å². The summed E-state index contributed by atoms with van der Waals surface area (Å²) in [6.45, 7) is 1.53. The van der Waals surface area contributed by atoms with E-state index in [-0.39, 0.29) is 18.2 Å². The van der Waals surface area contributed by atoms with Crippen molar-refractivity contribution in [1.82, 2.24) is 5.32 Å². The zero-order chi connectivity index (χ0) is 10.8. The van der Waals surface area contributed by atoms with Crippen molar-refractivity contribution >= 4 is 47.3 Å². The monoisotopic (exact) mass is 281 g/mol. The number of anilines is 1. The van der Waals surface area contributed by atoms with Gasteiger partial charge in [0.2, 0.25) is 0 Å². The Morgan fingerprint density at radius 3 is 2.44 bits per heavy atom. The fourth-order valence-electron chi connectivity index (χ4n) is 1.28. The van der Waals surface area contributed by atoms with Crippen molar-refractivity contribution in [1.29, 1.82) is 0 Å². The number of benzene rings is 1. The first kappa shape index (κ1) is 13.2. The molecule has 0 unspecified atom stereocenters. The maximum atomic E-state index is 9.24. The summed E-state index contributed by atoms with van der Waals surface area (Å²) < 4.78 is 0. The molecular formula is C9H10Cl3N3O. The Balaban J connectivity index is 0.00000128. The lowest BCUT2D eigenvalue weighted by atomic mass is 10.3. The molecule has 1 aromatic rings. The summed E-state index contributed by atoms with van der Waals surface area (Å²) in [4.78, 5) is 4.15. The molecular weight excluding hydrogens is 272 g/mol. The zero-order valence-electron chi connectivity index (χ0n) is 8.13. The Kier molecular flexibility index (Phi) is 4.53. The molecule has 0 saturated carbocycles. The third-order valence-corrected chi connectivity index (χ3v) is 2.54. The molecule has 0 aromatic heterocycles. The van der Waals surface area contributed by atoms with Crippen molar-refractivity contribution < 1.29 is 5.11 Å². The average Bonchev–Trinajstić information content (AvgIpc) is 2.63. The fraction of sp³-hybridized carbons (Fsp3) is 0.222.